The summed E-state index contributed by atoms with van der Waals surface area (Å²) in [5.74, 6) is 2.75. The normalized spacial score (nSPS) is 15.3. The second-order valence-electron chi connectivity index (χ2n) is 14.5. The molecule has 16 nitrogen and oxygen atoms in total. The van der Waals surface area contributed by atoms with E-state index in [9.17, 15) is 4.79 Å². The van der Waals surface area contributed by atoms with Gasteiger partial charge in [0.25, 0.3) is 0 Å². The number of fused-ring (bicyclic) bond motifs is 2. The molecule has 0 bridgehead atoms. The number of methoxy groups -OCH3 is 2. The first-order valence-corrected chi connectivity index (χ1v) is 18.6. The van der Waals surface area contributed by atoms with Crippen LogP contribution in [-0.2, 0) is 4.74 Å². The van der Waals surface area contributed by atoms with Crippen LogP contribution in [0.1, 0.15) is 46.5 Å². The minimum Gasteiger partial charge on any atom is -0.481 e. The first-order chi connectivity index (χ1) is 26.7. The lowest BCUT2D eigenvalue weighted by atomic mass is 10.1. The van der Waals surface area contributed by atoms with Crippen molar-refractivity contribution in [2.24, 2.45) is 0 Å². The Hall–Kier alpha value is -6.03. The molecular formula is C39H48N12O4. The number of hydrogen-bond donors (Lipinski definition) is 3. The number of imidazole rings is 2. The van der Waals surface area contributed by atoms with Gasteiger partial charge in [0.1, 0.15) is 17.2 Å². The van der Waals surface area contributed by atoms with Gasteiger partial charge < -0.3 is 35.1 Å². The average Bonchev–Trinajstić information content (AvgIpc) is 3.82. The Morgan fingerprint density at radius 2 is 1.20 bits per heavy atom. The maximum atomic E-state index is 12.3. The van der Waals surface area contributed by atoms with Crippen molar-refractivity contribution >= 4 is 29.0 Å². The van der Waals surface area contributed by atoms with E-state index < -0.39 is 5.60 Å². The van der Waals surface area contributed by atoms with E-state index in [0.717, 1.165) is 84.2 Å². The van der Waals surface area contributed by atoms with Crippen molar-refractivity contribution in [3.63, 3.8) is 0 Å². The highest BCUT2D eigenvalue weighted by atomic mass is 16.6. The van der Waals surface area contributed by atoms with Crippen LogP contribution in [0.3, 0.4) is 0 Å². The van der Waals surface area contributed by atoms with Gasteiger partial charge in [-0.3, -0.25) is 0 Å². The lowest BCUT2D eigenvalue weighted by Crippen LogP contribution is -2.44. The number of carbonyl (C=O) groups excluding carboxylic acids is 1. The molecule has 6 aromatic heterocycles. The number of nitrogens with zero attached hydrogens (tertiary/aromatic N) is 9. The van der Waals surface area contributed by atoms with Gasteiger partial charge in [-0.1, -0.05) is 0 Å². The van der Waals surface area contributed by atoms with E-state index in [1.165, 1.54) is 0 Å². The van der Waals surface area contributed by atoms with Crippen molar-refractivity contribution in [3.8, 4) is 34.3 Å². The minimum absolute atomic E-state index is 0.233. The SMILES string of the molecule is COc1cc(-c2cnc3ccc(NC4CCN(C(=O)OC(C)(C)C)CC4)nn23)ccn1.COc1cc(-c2cnc3ccc(NC4CCNCC4)nn23)ccn1. The number of aromatic nitrogens is 8. The Kier molecular flexibility index (Phi) is 11.2. The standard InChI is InChI=1S/C22H28N6O3.C17H20N6O/c1-22(2,3)31-21(29)27-11-8-16(9-12-27)25-18-5-6-19-24-14-17(28(19)26-18)15-7-10-23-20(13-15)30-4;1-24-17-10-12(4-9-19-17)14-11-20-16-3-2-15(22-23(14)16)21-13-5-7-18-8-6-13/h5-7,10,13-14,16H,8-9,11-12H2,1-4H3,(H,25,26);2-4,9-11,13,18H,5-8H2,1H3,(H,21,22). The van der Waals surface area contributed by atoms with Crippen LogP contribution in [0.25, 0.3) is 33.8 Å². The molecule has 1 amide bonds. The topological polar surface area (TPSA) is 170 Å². The first-order valence-electron chi connectivity index (χ1n) is 18.6. The van der Waals surface area contributed by atoms with Crippen LogP contribution in [0, 0.1) is 0 Å². The summed E-state index contributed by atoms with van der Waals surface area (Å²) in [7, 11) is 3.20. The van der Waals surface area contributed by atoms with Gasteiger partial charge in [-0.05, 0) is 95.9 Å². The van der Waals surface area contributed by atoms with Gasteiger partial charge in [-0.25, -0.2) is 33.8 Å². The van der Waals surface area contributed by atoms with Crippen molar-refractivity contribution in [1.29, 1.82) is 0 Å². The summed E-state index contributed by atoms with van der Waals surface area (Å²) in [5, 5.41) is 19.9. The number of likely N-dealkylation sites (tertiary alicyclic amines) is 1. The maximum Gasteiger partial charge on any atom is 0.410 e. The molecule has 2 saturated heterocycles. The highest BCUT2D eigenvalue weighted by Gasteiger charge is 2.27. The van der Waals surface area contributed by atoms with Crippen LogP contribution in [0.15, 0.2) is 73.3 Å². The van der Waals surface area contributed by atoms with Crippen molar-refractivity contribution in [2.75, 3.05) is 51.0 Å². The molecule has 2 aliphatic rings. The summed E-state index contributed by atoms with van der Waals surface area (Å²) in [6, 6.07) is 16.1. The number of amides is 1. The second kappa shape index (κ2) is 16.5. The quantitative estimate of drug-likeness (QED) is 0.177. The second-order valence-corrected chi connectivity index (χ2v) is 14.5. The van der Waals surface area contributed by atoms with Crippen LogP contribution < -0.4 is 25.4 Å². The van der Waals surface area contributed by atoms with Crippen LogP contribution in [0.4, 0.5) is 16.4 Å². The number of anilines is 2. The molecule has 288 valence electrons. The van der Waals surface area contributed by atoms with Crippen molar-refractivity contribution in [2.45, 2.75) is 64.1 Å². The summed E-state index contributed by atoms with van der Waals surface area (Å²) < 4.78 is 19.6. The first kappa shape index (κ1) is 37.3. The van der Waals surface area contributed by atoms with Crippen molar-refractivity contribution < 1.29 is 19.0 Å². The Labute approximate surface area is 319 Å². The molecular weight excluding hydrogens is 701 g/mol. The van der Waals surface area contributed by atoms with Crippen molar-refractivity contribution in [1.82, 2.24) is 49.4 Å². The van der Waals surface area contributed by atoms with Crippen LogP contribution in [0.5, 0.6) is 11.8 Å². The fourth-order valence-corrected chi connectivity index (χ4v) is 6.57. The number of carbonyl (C=O) groups is 1. The minimum atomic E-state index is -0.479. The average molecular weight is 749 g/mol. The molecule has 55 heavy (non-hydrogen) atoms. The van der Waals surface area contributed by atoms with Gasteiger partial charge in [0.05, 0.1) is 38.0 Å². The van der Waals surface area contributed by atoms with Gasteiger partial charge in [0.15, 0.2) is 11.3 Å². The van der Waals surface area contributed by atoms with E-state index in [2.05, 4.69) is 35.9 Å². The van der Waals surface area contributed by atoms with E-state index in [0.29, 0.717) is 30.9 Å². The monoisotopic (exact) mass is 748 g/mol. The van der Waals surface area contributed by atoms with E-state index in [1.54, 1.807) is 37.7 Å². The fraction of sp³-hybridized carbons (Fsp3) is 0.410. The van der Waals surface area contributed by atoms with Gasteiger partial charge >= 0.3 is 6.09 Å². The molecule has 0 aromatic carbocycles. The van der Waals surface area contributed by atoms with Crippen LogP contribution >= 0.6 is 0 Å². The molecule has 8 heterocycles. The van der Waals surface area contributed by atoms with Crippen LogP contribution in [-0.4, -0.2) is 108 Å². The number of nitrogens with one attached hydrogen (secondary N) is 3. The molecule has 2 aliphatic heterocycles. The molecule has 8 rings (SSSR count). The number of rotatable bonds is 8. The zero-order valence-corrected chi connectivity index (χ0v) is 31.9. The predicted octanol–water partition coefficient (Wildman–Crippen LogP) is 5.58. The number of hydrogen-bond acceptors (Lipinski definition) is 13. The Balaban J connectivity index is 0.000000174. The molecule has 0 radical (unpaired) electrons. The molecule has 3 N–H and O–H groups in total. The molecule has 2 fully saturated rings. The van der Waals surface area contributed by atoms with Crippen LogP contribution in [0.2, 0.25) is 0 Å². The van der Waals surface area contributed by atoms with Gasteiger partial charge in [-0.2, -0.15) is 0 Å². The Morgan fingerprint density at radius 1 is 0.709 bits per heavy atom. The summed E-state index contributed by atoms with van der Waals surface area (Å²) >= 11 is 0. The predicted molar refractivity (Wildman–Crippen MR) is 210 cm³/mol. The largest absolute Gasteiger partial charge is 0.481 e. The molecule has 0 atom stereocenters. The van der Waals surface area contributed by atoms with E-state index in [-0.39, 0.29) is 12.1 Å². The molecule has 0 saturated carbocycles. The number of pyridine rings is 2. The Morgan fingerprint density at radius 3 is 1.67 bits per heavy atom. The fourth-order valence-electron chi connectivity index (χ4n) is 6.57. The number of piperidine rings is 2. The third kappa shape index (κ3) is 9.20. The van der Waals surface area contributed by atoms with E-state index in [4.69, 9.17) is 24.4 Å². The third-order valence-corrected chi connectivity index (χ3v) is 9.39. The van der Waals surface area contributed by atoms with Gasteiger partial charge in [0.2, 0.25) is 11.8 Å². The summed E-state index contributed by atoms with van der Waals surface area (Å²) in [5.41, 5.74) is 4.77. The zero-order chi connectivity index (χ0) is 38.4. The zero-order valence-electron chi connectivity index (χ0n) is 31.9. The Bertz CT molecular complexity index is 2220. The number of ether oxygens (including phenoxy) is 3. The lowest BCUT2D eigenvalue weighted by Gasteiger charge is -2.33. The lowest BCUT2D eigenvalue weighted by molar-refractivity contribution is 0.0210. The molecule has 16 heteroatoms. The van der Waals surface area contributed by atoms with Gasteiger partial charge in [0, 0.05) is 60.8 Å². The maximum absolute atomic E-state index is 12.3. The van der Waals surface area contributed by atoms with Gasteiger partial charge in [-0.15, -0.1) is 10.2 Å². The smallest absolute Gasteiger partial charge is 0.410 e. The summed E-state index contributed by atoms with van der Waals surface area (Å²) in [4.78, 5) is 31.2. The van der Waals surface area contributed by atoms with Crippen molar-refractivity contribution in [3.05, 3.63) is 73.3 Å². The highest BCUT2D eigenvalue weighted by molar-refractivity contribution is 5.68. The third-order valence-electron chi connectivity index (χ3n) is 9.39. The highest BCUT2D eigenvalue weighted by Crippen LogP contribution is 2.26. The molecule has 6 aromatic rings. The molecule has 0 aliphatic carbocycles. The van der Waals surface area contributed by atoms with E-state index >= 15 is 0 Å². The molecule has 0 spiro atoms. The van der Waals surface area contributed by atoms with E-state index in [1.807, 2.05) is 84.5 Å². The summed E-state index contributed by atoms with van der Waals surface area (Å²) in [6.07, 6.45) is 10.7. The molecule has 0 unspecified atom stereocenters. The summed E-state index contributed by atoms with van der Waals surface area (Å²) in [6.45, 7) is 9.05.